The molecule has 22 heavy (non-hydrogen) atoms. The lowest BCUT2D eigenvalue weighted by Gasteiger charge is -2.14. The molecule has 1 N–H and O–H groups in total. The highest BCUT2D eigenvalue weighted by molar-refractivity contribution is 6.28. The van der Waals surface area contributed by atoms with Crippen LogP contribution in [0, 0.1) is 0 Å². The van der Waals surface area contributed by atoms with Gasteiger partial charge >= 0.3 is 5.97 Å². The molecule has 0 radical (unpaired) electrons. The number of rotatable bonds is 5. The Hall–Kier alpha value is -2.96. The first kappa shape index (κ1) is 15.4. The minimum atomic E-state index is -0.521. The zero-order valence-corrected chi connectivity index (χ0v) is 11.9. The summed E-state index contributed by atoms with van der Waals surface area (Å²) in [7, 11) is 0. The van der Waals surface area contributed by atoms with Crippen molar-refractivity contribution in [2.45, 2.75) is 6.92 Å². The maximum Gasteiger partial charge on any atom is 0.325 e. The van der Waals surface area contributed by atoms with Gasteiger partial charge in [-0.2, -0.15) is 0 Å². The van der Waals surface area contributed by atoms with E-state index < -0.39 is 23.7 Å². The van der Waals surface area contributed by atoms with Crippen LogP contribution in [0.25, 0.3) is 0 Å². The van der Waals surface area contributed by atoms with Crippen molar-refractivity contribution in [2.24, 2.45) is 0 Å². The first-order valence-corrected chi connectivity index (χ1v) is 6.63. The van der Waals surface area contributed by atoms with Gasteiger partial charge in [-0.3, -0.25) is 19.2 Å². The fourth-order valence-electron chi connectivity index (χ4n) is 1.88. The van der Waals surface area contributed by atoms with E-state index in [0.29, 0.717) is 11.3 Å². The third-order valence-electron chi connectivity index (χ3n) is 2.90. The molecule has 1 aromatic rings. The number of imide groups is 1. The maximum absolute atomic E-state index is 11.8. The van der Waals surface area contributed by atoms with Crippen LogP contribution in [0.2, 0.25) is 0 Å². The summed E-state index contributed by atoms with van der Waals surface area (Å²) >= 11 is 0. The highest BCUT2D eigenvalue weighted by Crippen LogP contribution is 2.19. The smallest absolute Gasteiger partial charge is 0.325 e. The van der Waals surface area contributed by atoms with Crippen LogP contribution in [0.15, 0.2) is 36.4 Å². The number of benzene rings is 1. The van der Waals surface area contributed by atoms with Crippen molar-refractivity contribution in [1.82, 2.24) is 5.32 Å². The van der Waals surface area contributed by atoms with Gasteiger partial charge in [-0.1, -0.05) is 0 Å². The topological polar surface area (TPSA) is 92.8 Å². The predicted molar refractivity (Wildman–Crippen MR) is 77.0 cm³/mol. The number of ether oxygens (including phenoxy) is 1. The van der Waals surface area contributed by atoms with Crippen molar-refractivity contribution in [3.05, 3.63) is 42.0 Å². The Bertz CT molecular complexity index is 630. The lowest BCUT2D eigenvalue weighted by molar-refractivity contribution is -0.141. The van der Waals surface area contributed by atoms with Gasteiger partial charge in [0.05, 0.1) is 12.3 Å². The molecule has 1 aliphatic heterocycles. The quantitative estimate of drug-likeness (QED) is 0.628. The number of hydrogen-bond acceptors (Lipinski definition) is 5. The van der Waals surface area contributed by atoms with Gasteiger partial charge in [-0.15, -0.1) is 0 Å². The van der Waals surface area contributed by atoms with Gasteiger partial charge in [0.2, 0.25) is 0 Å². The van der Waals surface area contributed by atoms with Gasteiger partial charge in [0.1, 0.15) is 6.54 Å². The third-order valence-corrected chi connectivity index (χ3v) is 2.90. The van der Waals surface area contributed by atoms with E-state index in [4.69, 9.17) is 4.74 Å². The summed E-state index contributed by atoms with van der Waals surface area (Å²) in [6, 6.07) is 5.91. The van der Waals surface area contributed by atoms with E-state index in [0.717, 1.165) is 4.90 Å². The van der Waals surface area contributed by atoms with Gasteiger partial charge in [-0.25, -0.2) is 4.90 Å². The Balaban J connectivity index is 2.00. The summed E-state index contributed by atoms with van der Waals surface area (Å²) in [5.41, 5.74) is 0.682. The Morgan fingerprint density at radius 2 is 1.68 bits per heavy atom. The maximum atomic E-state index is 11.8. The summed E-state index contributed by atoms with van der Waals surface area (Å²) < 4.78 is 4.70. The normalized spacial score (nSPS) is 13.4. The van der Waals surface area contributed by atoms with E-state index in [1.54, 1.807) is 6.92 Å². The van der Waals surface area contributed by atoms with Crippen LogP contribution in [-0.2, 0) is 19.1 Å². The Morgan fingerprint density at radius 3 is 2.23 bits per heavy atom. The highest BCUT2D eigenvalue weighted by atomic mass is 16.5. The number of carbonyl (C=O) groups is 4. The fraction of sp³-hybridized carbons (Fsp3) is 0.200. The molecule has 0 aromatic heterocycles. The average molecular weight is 302 g/mol. The molecule has 114 valence electrons. The monoisotopic (exact) mass is 302 g/mol. The van der Waals surface area contributed by atoms with Crippen molar-refractivity contribution >= 4 is 29.4 Å². The largest absolute Gasteiger partial charge is 0.465 e. The van der Waals surface area contributed by atoms with Gasteiger partial charge in [0, 0.05) is 17.7 Å². The minimum Gasteiger partial charge on any atom is -0.465 e. The number of carbonyl (C=O) groups excluding carboxylic acids is 4. The Labute approximate surface area is 126 Å². The lowest BCUT2D eigenvalue weighted by Crippen LogP contribution is -2.31. The summed E-state index contributed by atoms with van der Waals surface area (Å²) in [5, 5.41) is 2.42. The summed E-state index contributed by atoms with van der Waals surface area (Å²) in [6.07, 6.45) is 2.37. The summed E-state index contributed by atoms with van der Waals surface area (Å²) in [5.74, 6) is -1.82. The first-order chi connectivity index (χ1) is 10.5. The molecule has 0 saturated carbocycles. The molecule has 0 atom stereocenters. The van der Waals surface area contributed by atoms with E-state index in [-0.39, 0.29) is 13.2 Å². The van der Waals surface area contributed by atoms with Crippen LogP contribution in [0.5, 0.6) is 0 Å². The SMILES string of the molecule is CCOC(=O)CNC(=O)c1ccc(N2C(=O)C=CC2=O)cc1. The van der Waals surface area contributed by atoms with Crippen LogP contribution in [-0.4, -0.2) is 36.8 Å². The van der Waals surface area contributed by atoms with Crippen LogP contribution >= 0.6 is 0 Å². The van der Waals surface area contributed by atoms with Crippen molar-refractivity contribution in [3.63, 3.8) is 0 Å². The summed E-state index contributed by atoms with van der Waals surface area (Å²) in [6.45, 7) is 1.70. The van der Waals surface area contributed by atoms with Gasteiger partial charge in [0.15, 0.2) is 0 Å². The van der Waals surface area contributed by atoms with E-state index in [1.165, 1.54) is 36.4 Å². The zero-order valence-electron chi connectivity index (χ0n) is 11.9. The summed E-state index contributed by atoms with van der Waals surface area (Å²) in [4.78, 5) is 47.1. The molecule has 1 aromatic carbocycles. The predicted octanol–water partition coefficient (Wildman–Crippen LogP) is 0.409. The van der Waals surface area contributed by atoms with Crippen molar-refractivity contribution in [2.75, 3.05) is 18.1 Å². The third kappa shape index (κ3) is 3.38. The number of nitrogens with one attached hydrogen (secondary N) is 1. The van der Waals surface area contributed by atoms with Crippen LogP contribution in [0.4, 0.5) is 5.69 Å². The van der Waals surface area contributed by atoms with E-state index in [9.17, 15) is 19.2 Å². The molecule has 0 saturated heterocycles. The molecule has 0 aliphatic carbocycles. The number of anilines is 1. The van der Waals surface area contributed by atoms with Crippen LogP contribution in [0.3, 0.4) is 0 Å². The van der Waals surface area contributed by atoms with Crippen molar-refractivity contribution in [1.29, 1.82) is 0 Å². The molecular weight excluding hydrogens is 288 g/mol. The minimum absolute atomic E-state index is 0.221. The number of nitrogens with zero attached hydrogens (tertiary/aromatic N) is 1. The molecule has 1 aliphatic rings. The number of esters is 1. The van der Waals surface area contributed by atoms with Gasteiger partial charge < -0.3 is 10.1 Å². The molecule has 3 amide bonds. The second kappa shape index (κ2) is 6.66. The standard InChI is InChI=1S/C15H14N2O5/c1-2-22-14(20)9-16-15(21)10-3-5-11(6-4-10)17-12(18)7-8-13(17)19/h3-8H,2,9H2,1H3,(H,16,21). The van der Waals surface area contributed by atoms with Crippen molar-refractivity contribution < 1.29 is 23.9 Å². The van der Waals surface area contributed by atoms with Gasteiger partial charge in [0.25, 0.3) is 17.7 Å². The highest BCUT2D eigenvalue weighted by Gasteiger charge is 2.25. The second-order valence-electron chi connectivity index (χ2n) is 4.38. The molecule has 0 unspecified atom stereocenters. The first-order valence-electron chi connectivity index (χ1n) is 6.63. The molecule has 2 rings (SSSR count). The fourth-order valence-corrected chi connectivity index (χ4v) is 1.88. The van der Waals surface area contributed by atoms with E-state index in [2.05, 4.69) is 5.32 Å². The van der Waals surface area contributed by atoms with Crippen LogP contribution in [0.1, 0.15) is 17.3 Å². The molecule has 0 bridgehead atoms. The molecule has 1 heterocycles. The average Bonchev–Trinajstić information content (AvgIpc) is 2.84. The molecule has 0 fully saturated rings. The van der Waals surface area contributed by atoms with E-state index in [1.807, 2.05) is 0 Å². The number of amides is 3. The molecule has 7 nitrogen and oxygen atoms in total. The van der Waals surface area contributed by atoms with E-state index >= 15 is 0 Å². The molecule has 7 heteroatoms. The Kier molecular flexibility index (Phi) is 4.67. The molecule has 0 spiro atoms. The van der Waals surface area contributed by atoms with Crippen LogP contribution < -0.4 is 10.2 Å². The van der Waals surface area contributed by atoms with Gasteiger partial charge in [-0.05, 0) is 31.2 Å². The molecular formula is C15H14N2O5. The Morgan fingerprint density at radius 1 is 1.09 bits per heavy atom. The van der Waals surface area contributed by atoms with Crippen molar-refractivity contribution in [3.8, 4) is 0 Å². The second-order valence-corrected chi connectivity index (χ2v) is 4.38. The number of hydrogen-bond donors (Lipinski definition) is 1. The lowest BCUT2D eigenvalue weighted by atomic mass is 10.2. The zero-order chi connectivity index (χ0) is 16.1.